The molecular formula is C14H10BrN3O3S. The van der Waals surface area contributed by atoms with Gasteiger partial charge in [0.15, 0.2) is 6.61 Å². The summed E-state index contributed by atoms with van der Waals surface area (Å²) in [5.41, 5.74) is 0. The van der Waals surface area contributed by atoms with E-state index in [1.54, 1.807) is 12.1 Å². The molecule has 0 unspecified atom stereocenters. The van der Waals surface area contributed by atoms with Crippen LogP contribution in [0.25, 0.3) is 10.8 Å². The Morgan fingerprint density at radius 2 is 2.14 bits per heavy atom. The second-order valence-electron chi connectivity index (χ2n) is 4.19. The molecule has 6 nitrogen and oxygen atoms in total. The van der Waals surface area contributed by atoms with Crippen molar-refractivity contribution in [1.82, 2.24) is 10.1 Å². The van der Waals surface area contributed by atoms with Crippen LogP contribution < -0.4 is 10.1 Å². The maximum Gasteiger partial charge on any atom is 0.270 e. The average molecular weight is 380 g/mol. The summed E-state index contributed by atoms with van der Waals surface area (Å²) in [5, 5.41) is 8.13. The second kappa shape index (κ2) is 6.71. The van der Waals surface area contributed by atoms with Gasteiger partial charge in [0, 0.05) is 4.47 Å². The topological polar surface area (TPSA) is 77.2 Å². The molecule has 0 spiro atoms. The number of amides is 1. The molecule has 3 rings (SSSR count). The van der Waals surface area contributed by atoms with Crippen molar-refractivity contribution in [3.8, 4) is 16.5 Å². The molecule has 0 radical (unpaired) electrons. The lowest BCUT2D eigenvalue weighted by molar-refractivity contribution is -0.118. The molecule has 2 aromatic heterocycles. The number of carbonyl (C=O) groups excluding carboxylic acids is 1. The fourth-order valence-electron chi connectivity index (χ4n) is 1.62. The van der Waals surface area contributed by atoms with Crippen molar-refractivity contribution in [3.63, 3.8) is 0 Å². The van der Waals surface area contributed by atoms with Gasteiger partial charge in [-0.2, -0.15) is 4.98 Å². The van der Waals surface area contributed by atoms with Gasteiger partial charge in [-0.3, -0.25) is 10.1 Å². The lowest BCUT2D eigenvalue weighted by Crippen LogP contribution is -2.20. The fraction of sp³-hybridized carbons (Fsp3) is 0.0714. The van der Waals surface area contributed by atoms with Crippen LogP contribution in [0.1, 0.15) is 0 Å². The van der Waals surface area contributed by atoms with Crippen LogP contribution in [0, 0.1) is 0 Å². The van der Waals surface area contributed by atoms with Gasteiger partial charge in [0.05, 0.1) is 4.88 Å². The number of rotatable bonds is 5. The summed E-state index contributed by atoms with van der Waals surface area (Å²) >= 11 is 4.81. The van der Waals surface area contributed by atoms with Crippen molar-refractivity contribution in [2.75, 3.05) is 11.9 Å². The number of benzene rings is 1. The normalized spacial score (nSPS) is 10.4. The molecule has 3 aromatic rings. The molecule has 1 aromatic carbocycles. The van der Waals surface area contributed by atoms with Gasteiger partial charge in [0.2, 0.25) is 0 Å². The molecular weight excluding hydrogens is 370 g/mol. The van der Waals surface area contributed by atoms with E-state index in [1.165, 1.54) is 11.3 Å². The standard InChI is InChI=1S/C14H10BrN3O3S/c15-9-3-5-10(6-4-9)20-8-12(19)16-14-17-13(21-18-14)11-2-1-7-22-11/h1-7H,8H2,(H,16,18,19). The van der Waals surface area contributed by atoms with Gasteiger partial charge in [0.25, 0.3) is 17.7 Å². The number of hydrogen-bond donors (Lipinski definition) is 1. The summed E-state index contributed by atoms with van der Waals surface area (Å²) < 4.78 is 11.4. The van der Waals surface area contributed by atoms with E-state index in [-0.39, 0.29) is 18.5 Å². The second-order valence-corrected chi connectivity index (χ2v) is 6.05. The van der Waals surface area contributed by atoms with Gasteiger partial charge in [-0.15, -0.1) is 11.3 Å². The van der Waals surface area contributed by atoms with Crippen LogP contribution in [0.15, 0.2) is 50.8 Å². The number of ether oxygens (including phenoxy) is 1. The minimum Gasteiger partial charge on any atom is -0.484 e. The number of aromatic nitrogens is 2. The third kappa shape index (κ3) is 3.71. The molecule has 112 valence electrons. The van der Waals surface area contributed by atoms with Crippen LogP contribution in [0.4, 0.5) is 5.95 Å². The molecule has 2 heterocycles. The van der Waals surface area contributed by atoms with Crippen LogP contribution >= 0.6 is 27.3 Å². The molecule has 0 saturated heterocycles. The molecule has 0 aliphatic carbocycles. The number of nitrogens with zero attached hydrogens (tertiary/aromatic N) is 2. The van der Waals surface area contributed by atoms with Crippen LogP contribution in [0.5, 0.6) is 5.75 Å². The van der Waals surface area contributed by atoms with E-state index in [1.807, 2.05) is 29.6 Å². The number of hydrogen-bond acceptors (Lipinski definition) is 6. The molecule has 0 fully saturated rings. The van der Waals surface area contributed by atoms with Crippen LogP contribution in [-0.4, -0.2) is 22.7 Å². The highest BCUT2D eigenvalue weighted by Gasteiger charge is 2.12. The predicted octanol–water partition coefficient (Wildman–Crippen LogP) is 3.58. The van der Waals surface area contributed by atoms with E-state index < -0.39 is 0 Å². The van der Waals surface area contributed by atoms with Gasteiger partial charge in [-0.1, -0.05) is 22.0 Å². The summed E-state index contributed by atoms with van der Waals surface area (Å²) in [7, 11) is 0. The SMILES string of the molecule is O=C(COc1ccc(Br)cc1)Nc1noc(-c2cccs2)n1. The van der Waals surface area contributed by atoms with Crippen molar-refractivity contribution >= 4 is 39.1 Å². The first-order valence-electron chi connectivity index (χ1n) is 6.26. The fourth-order valence-corrected chi connectivity index (χ4v) is 2.52. The number of halogens is 1. The molecule has 0 saturated carbocycles. The minimum absolute atomic E-state index is 0.118. The van der Waals surface area contributed by atoms with Crippen LogP contribution in [0.3, 0.4) is 0 Å². The third-order valence-corrected chi connectivity index (χ3v) is 3.98. The number of anilines is 1. The molecule has 0 aliphatic heterocycles. The predicted molar refractivity (Wildman–Crippen MR) is 85.9 cm³/mol. The molecule has 1 N–H and O–H groups in total. The first-order chi connectivity index (χ1) is 10.7. The van der Waals surface area contributed by atoms with Gasteiger partial charge in [-0.05, 0) is 40.9 Å². The lowest BCUT2D eigenvalue weighted by Gasteiger charge is -2.04. The minimum atomic E-state index is -0.360. The largest absolute Gasteiger partial charge is 0.484 e. The van der Waals surface area contributed by atoms with E-state index in [2.05, 4.69) is 31.4 Å². The van der Waals surface area contributed by atoms with E-state index in [4.69, 9.17) is 9.26 Å². The first-order valence-corrected chi connectivity index (χ1v) is 7.94. The van der Waals surface area contributed by atoms with Crippen LogP contribution in [0.2, 0.25) is 0 Å². The Kier molecular flexibility index (Phi) is 4.50. The van der Waals surface area contributed by atoms with E-state index in [0.717, 1.165) is 9.35 Å². The van der Waals surface area contributed by atoms with Crippen LogP contribution in [-0.2, 0) is 4.79 Å². The maximum atomic E-state index is 11.8. The first kappa shape index (κ1) is 14.7. The summed E-state index contributed by atoms with van der Waals surface area (Å²) in [5.74, 6) is 0.735. The maximum absolute atomic E-state index is 11.8. The average Bonchev–Trinajstić information content (AvgIpc) is 3.17. The van der Waals surface area contributed by atoms with E-state index in [9.17, 15) is 4.79 Å². The third-order valence-electron chi connectivity index (χ3n) is 2.59. The van der Waals surface area contributed by atoms with E-state index >= 15 is 0 Å². The molecule has 22 heavy (non-hydrogen) atoms. The highest BCUT2D eigenvalue weighted by Crippen LogP contribution is 2.23. The molecule has 8 heteroatoms. The molecule has 0 atom stereocenters. The van der Waals surface area contributed by atoms with Crippen molar-refractivity contribution < 1.29 is 14.1 Å². The number of nitrogens with one attached hydrogen (secondary N) is 1. The Hall–Kier alpha value is -2.19. The Morgan fingerprint density at radius 3 is 2.86 bits per heavy atom. The highest BCUT2D eigenvalue weighted by molar-refractivity contribution is 9.10. The number of thiophene rings is 1. The lowest BCUT2D eigenvalue weighted by atomic mass is 10.3. The monoisotopic (exact) mass is 379 g/mol. The summed E-state index contributed by atoms with van der Waals surface area (Å²) in [6, 6.07) is 10.9. The van der Waals surface area contributed by atoms with Crippen molar-refractivity contribution in [3.05, 3.63) is 46.3 Å². The summed E-state index contributed by atoms with van der Waals surface area (Å²) in [6.07, 6.45) is 0. The zero-order valence-corrected chi connectivity index (χ0v) is 13.6. The molecule has 1 amide bonds. The van der Waals surface area contributed by atoms with Gasteiger partial charge < -0.3 is 9.26 Å². The van der Waals surface area contributed by atoms with Gasteiger partial charge in [0.1, 0.15) is 5.75 Å². The zero-order chi connectivity index (χ0) is 15.4. The Morgan fingerprint density at radius 1 is 1.32 bits per heavy atom. The van der Waals surface area contributed by atoms with Gasteiger partial charge >= 0.3 is 0 Å². The zero-order valence-electron chi connectivity index (χ0n) is 11.2. The highest BCUT2D eigenvalue weighted by atomic mass is 79.9. The summed E-state index contributed by atoms with van der Waals surface area (Å²) in [4.78, 5) is 16.7. The quantitative estimate of drug-likeness (QED) is 0.732. The Balaban J connectivity index is 1.54. The van der Waals surface area contributed by atoms with Crippen molar-refractivity contribution in [2.45, 2.75) is 0 Å². The van der Waals surface area contributed by atoms with Crippen molar-refractivity contribution in [1.29, 1.82) is 0 Å². The molecule has 0 aliphatic rings. The van der Waals surface area contributed by atoms with Gasteiger partial charge in [-0.25, -0.2) is 0 Å². The van der Waals surface area contributed by atoms with E-state index in [0.29, 0.717) is 11.6 Å². The number of carbonyl (C=O) groups is 1. The Labute approximate surface area is 138 Å². The Bertz CT molecular complexity index is 756. The smallest absolute Gasteiger partial charge is 0.270 e. The summed E-state index contributed by atoms with van der Waals surface area (Å²) in [6.45, 7) is -0.134. The van der Waals surface area contributed by atoms with Crippen molar-refractivity contribution in [2.24, 2.45) is 0 Å². The molecule has 0 bridgehead atoms.